The van der Waals surface area contributed by atoms with Crippen molar-refractivity contribution in [3.8, 4) is 0 Å². The van der Waals surface area contributed by atoms with Gasteiger partial charge in [-0.05, 0) is 28.1 Å². The second-order valence-corrected chi connectivity index (χ2v) is 6.17. The number of halogens is 1. The average molecular weight is 320 g/mol. The quantitative estimate of drug-likeness (QED) is 0.841. The lowest BCUT2D eigenvalue weighted by atomic mass is 10.2. The fourth-order valence-electron chi connectivity index (χ4n) is 1.68. The van der Waals surface area contributed by atoms with Crippen molar-refractivity contribution in [2.45, 2.75) is 4.90 Å². The summed E-state index contributed by atoms with van der Waals surface area (Å²) in [5.41, 5.74) is 0.198. The SMILES string of the molecule is COCCN1C(=O)c2c(Br)cccc2S1(=O)=O. The smallest absolute Gasteiger partial charge is 0.270 e. The maximum atomic E-state index is 12.1. The largest absolute Gasteiger partial charge is 0.383 e. The van der Waals surface area contributed by atoms with Crippen molar-refractivity contribution in [1.82, 2.24) is 4.31 Å². The molecule has 0 aromatic heterocycles. The number of carbonyl (C=O) groups is 1. The molecular weight excluding hydrogens is 310 g/mol. The summed E-state index contributed by atoms with van der Waals surface area (Å²) >= 11 is 3.19. The number of amides is 1. The molecule has 5 nitrogen and oxygen atoms in total. The van der Waals surface area contributed by atoms with Crippen LogP contribution in [0, 0.1) is 0 Å². The molecule has 1 aliphatic heterocycles. The van der Waals surface area contributed by atoms with Gasteiger partial charge < -0.3 is 4.74 Å². The minimum atomic E-state index is -3.72. The second-order valence-electron chi connectivity index (χ2n) is 3.49. The van der Waals surface area contributed by atoms with E-state index in [9.17, 15) is 13.2 Å². The highest BCUT2D eigenvalue weighted by atomic mass is 79.9. The summed E-state index contributed by atoms with van der Waals surface area (Å²) in [5.74, 6) is -0.510. The molecule has 0 spiro atoms. The van der Waals surface area contributed by atoms with Gasteiger partial charge in [0.1, 0.15) is 4.90 Å². The molecule has 92 valence electrons. The van der Waals surface area contributed by atoms with Gasteiger partial charge in [0.25, 0.3) is 15.9 Å². The molecule has 0 aliphatic carbocycles. The summed E-state index contributed by atoms with van der Waals surface area (Å²) in [7, 11) is -2.26. The molecule has 2 rings (SSSR count). The standard InChI is InChI=1S/C10H10BrNO4S/c1-16-6-5-12-10(13)9-7(11)3-2-4-8(9)17(12,14)15/h2-4H,5-6H2,1H3. The van der Waals surface area contributed by atoms with Crippen LogP contribution in [0.1, 0.15) is 10.4 Å². The van der Waals surface area contributed by atoms with Gasteiger partial charge in [-0.3, -0.25) is 4.79 Å². The molecule has 0 fully saturated rings. The van der Waals surface area contributed by atoms with Crippen LogP contribution in [0.5, 0.6) is 0 Å². The van der Waals surface area contributed by atoms with Crippen molar-refractivity contribution >= 4 is 31.9 Å². The highest BCUT2D eigenvalue weighted by molar-refractivity contribution is 9.10. The average Bonchev–Trinajstić information content (AvgIpc) is 2.46. The van der Waals surface area contributed by atoms with Crippen molar-refractivity contribution in [3.05, 3.63) is 28.2 Å². The van der Waals surface area contributed by atoms with Crippen molar-refractivity contribution < 1.29 is 17.9 Å². The van der Waals surface area contributed by atoms with Crippen LogP contribution in [0.25, 0.3) is 0 Å². The number of sulfonamides is 1. The van der Waals surface area contributed by atoms with Gasteiger partial charge in [0.15, 0.2) is 0 Å². The zero-order valence-electron chi connectivity index (χ0n) is 9.01. The summed E-state index contributed by atoms with van der Waals surface area (Å²) in [6.45, 7) is 0.204. The van der Waals surface area contributed by atoms with Gasteiger partial charge in [-0.1, -0.05) is 6.07 Å². The fraction of sp³-hybridized carbons (Fsp3) is 0.300. The van der Waals surface area contributed by atoms with Gasteiger partial charge in [0.2, 0.25) is 0 Å². The number of hydrogen-bond donors (Lipinski definition) is 0. The van der Waals surface area contributed by atoms with E-state index in [-0.39, 0.29) is 23.6 Å². The molecule has 0 bridgehead atoms. The van der Waals surface area contributed by atoms with Gasteiger partial charge in [-0.2, -0.15) is 0 Å². The fourth-order valence-corrected chi connectivity index (χ4v) is 3.91. The van der Waals surface area contributed by atoms with Crippen molar-refractivity contribution in [3.63, 3.8) is 0 Å². The summed E-state index contributed by atoms with van der Waals surface area (Å²) < 4.78 is 30.3. The van der Waals surface area contributed by atoms with Gasteiger partial charge >= 0.3 is 0 Å². The van der Waals surface area contributed by atoms with E-state index >= 15 is 0 Å². The van der Waals surface area contributed by atoms with Crippen LogP contribution in [0.15, 0.2) is 27.6 Å². The molecule has 1 heterocycles. The predicted octanol–water partition coefficient (Wildman–Crippen LogP) is 1.24. The molecule has 0 unspecified atom stereocenters. The summed E-state index contributed by atoms with van der Waals surface area (Å²) in [5, 5.41) is 0. The molecule has 1 aliphatic rings. The number of hydrogen-bond acceptors (Lipinski definition) is 4. The lowest BCUT2D eigenvalue weighted by Crippen LogP contribution is -2.33. The summed E-state index contributed by atoms with van der Waals surface area (Å²) in [6.07, 6.45) is 0. The molecule has 0 saturated heterocycles. The van der Waals surface area contributed by atoms with E-state index in [1.807, 2.05) is 0 Å². The van der Waals surface area contributed by atoms with Crippen molar-refractivity contribution in [1.29, 1.82) is 0 Å². The number of methoxy groups -OCH3 is 1. The lowest BCUT2D eigenvalue weighted by Gasteiger charge is -2.13. The van der Waals surface area contributed by atoms with Crippen molar-refractivity contribution in [2.24, 2.45) is 0 Å². The third-order valence-electron chi connectivity index (χ3n) is 2.48. The zero-order valence-corrected chi connectivity index (χ0v) is 11.4. The normalized spacial score (nSPS) is 17.3. The van der Waals surface area contributed by atoms with E-state index in [0.717, 1.165) is 4.31 Å². The predicted molar refractivity (Wildman–Crippen MR) is 64.2 cm³/mol. The Morgan fingerprint density at radius 3 is 2.71 bits per heavy atom. The lowest BCUT2D eigenvalue weighted by molar-refractivity contribution is 0.0836. The first-order valence-corrected chi connectivity index (χ1v) is 7.08. The Balaban J connectivity index is 2.53. The van der Waals surface area contributed by atoms with E-state index in [1.165, 1.54) is 13.2 Å². The number of nitrogens with zero attached hydrogens (tertiary/aromatic N) is 1. The summed E-state index contributed by atoms with van der Waals surface area (Å²) in [4.78, 5) is 12.0. The van der Waals surface area contributed by atoms with Crippen LogP contribution in [-0.4, -0.2) is 38.9 Å². The molecule has 17 heavy (non-hydrogen) atoms. The molecular formula is C10H10BrNO4S. The molecule has 1 amide bonds. The molecule has 7 heteroatoms. The van der Waals surface area contributed by atoms with Crippen LogP contribution < -0.4 is 0 Å². The minimum Gasteiger partial charge on any atom is -0.383 e. The minimum absolute atomic E-state index is 0.0266. The monoisotopic (exact) mass is 319 g/mol. The van der Waals surface area contributed by atoms with Crippen LogP contribution >= 0.6 is 15.9 Å². The summed E-state index contributed by atoms with van der Waals surface area (Å²) in [6, 6.07) is 4.67. The molecule has 1 aromatic rings. The highest BCUT2D eigenvalue weighted by Gasteiger charge is 2.41. The number of carbonyl (C=O) groups excluding carboxylic acids is 1. The van der Waals surface area contributed by atoms with Crippen LogP contribution in [-0.2, 0) is 14.8 Å². The molecule has 0 atom stereocenters. The Hall–Kier alpha value is -0.920. The first-order chi connectivity index (χ1) is 8.00. The first kappa shape index (κ1) is 12.5. The van der Waals surface area contributed by atoms with Gasteiger partial charge in [0.05, 0.1) is 18.7 Å². The number of fused-ring (bicyclic) bond motifs is 1. The Morgan fingerprint density at radius 2 is 2.12 bits per heavy atom. The highest BCUT2D eigenvalue weighted by Crippen LogP contribution is 2.34. The molecule has 1 aromatic carbocycles. The van der Waals surface area contributed by atoms with E-state index in [2.05, 4.69) is 15.9 Å². The third kappa shape index (κ3) is 1.88. The zero-order chi connectivity index (χ0) is 12.6. The van der Waals surface area contributed by atoms with Crippen molar-refractivity contribution in [2.75, 3.05) is 20.3 Å². The number of ether oxygens (including phenoxy) is 1. The van der Waals surface area contributed by atoms with E-state index < -0.39 is 15.9 Å². The van der Waals surface area contributed by atoms with E-state index in [1.54, 1.807) is 12.1 Å². The molecule has 0 N–H and O–H groups in total. The third-order valence-corrected chi connectivity index (χ3v) is 4.97. The number of benzene rings is 1. The number of rotatable bonds is 3. The van der Waals surface area contributed by atoms with E-state index in [4.69, 9.17) is 4.74 Å². The Labute approximate surface area is 108 Å². The van der Waals surface area contributed by atoms with Crippen LogP contribution in [0.4, 0.5) is 0 Å². The first-order valence-electron chi connectivity index (χ1n) is 4.84. The maximum absolute atomic E-state index is 12.1. The topological polar surface area (TPSA) is 63.7 Å². The second kappa shape index (κ2) is 4.40. The molecule has 0 radical (unpaired) electrons. The Bertz CT molecular complexity index is 570. The van der Waals surface area contributed by atoms with Crippen LogP contribution in [0.3, 0.4) is 0 Å². The van der Waals surface area contributed by atoms with Crippen LogP contribution in [0.2, 0.25) is 0 Å². The van der Waals surface area contributed by atoms with Gasteiger partial charge in [0, 0.05) is 11.6 Å². The van der Waals surface area contributed by atoms with Gasteiger partial charge in [-0.25, -0.2) is 12.7 Å². The Kier molecular flexibility index (Phi) is 3.24. The molecule has 0 saturated carbocycles. The van der Waals surface area contributed by atoms with E-state index in [0.29, 0.717) is 4.47 Å². The van der Waals surface area contributed by atoms with Gasteiger partial charge in [-0.15, -0.1) is 0 Å². The maximum Gasteiger partial charge on any atom is 0.270 e. The Morgan fingerprint density at radius 1 is 1.41 bits per heavy atom.